The van der Waals surface area contributed by atoms with Gasteiger partial charge in [0.25, 0.3) is 10.2 Å². The van der Waals surface area contributed by atoms with Crippen LogP contribution in [0.3, 0.4) is 0 Å². The van der Waals surface area contributed by atoms with Crippen molar-refractivity contribution >= 4 is 16.1 Å². The lowest BCUT2D eigenvalue weighted by molar-refractivity contribution is -0.120. The van der Waals surface area contributed by atoms with Crippen LogP contribution in [-0.2, 0) is 15.0 Å². The number of nitrogens with two attached hydrogens (primary N) is 1. The summed E-state index contributed by atoms with van der Waals surface area (Å²) in [7, 11) is 0.721. The van der Waals surface area contributed by atoms with Crippen molar-refractivity contribution in [3.63, 3.8) is 0 Å². The number of hydrogen-bond donors (Lipinski definition) is 2. The average molecular weight is 252 g/mol. The summed E-state index contributed by atoms with van der Waals surface area (Å²) in [6, 6.07) is 0. The van der Waals surface area contributed by atoms with E-state index in [-0.39, 0.29) is 12.5 Å². The third-order valence-corrected chi connectivity index (χ3v) is 4.00. The van der Waals surface area contributed by atoms with Gasteiger partial charge in [-0.15, -0.1) is 0 Å². The fraction of sp³-hybridized carbons (Fsp3) is 0.875. The first-order chi connectivity index (χ1) is 7.36. The van der Waals surface area contributed by atoms with Gasteiger partial charge in [-0.25, -0.2) is 0 Å². The summed E-state index contributed by atoms with van der Waals surface area (Å²) < 4.78 is 25.8. The molecule has 0 unspecified atom stereocenters. The van der Waals surface area contributed by atoms with E-state index in [1.165, 1.54) is 25.4 Å². The summed E-state index contributed by atoms with van der Waals surface area (Å²) in [6.07, 6.45) is 0.587. The lowest BCUT2D eigenvalue weighted by Crippen LogP contribution is -2.44. The van der Waals surface area contributed by atoms with Gasteiger partial charge in [-0.05, 0) is 13.0 Å². The number of carbonyl (C=O) groups is 1. The lowest BCUT2D eigenvalue weighted by Gasteiger charge is -2.23. The first kappa shape index (κ1) is 15.3. The molecule has 96 valence electrons. The van der Waals surface area contributed by atoms with E-state index < -0.39 is 10.2 Å². The van der Waals surface area contributed by atoms with Gasteiger partial charge < -0.3 is 11.1 Å². The summed E-state index contributed by atoms with van der Waals surface area (Å²) in [4.78, 5) is 11.0. The van der Waals surface area contributed by atoms with Crippen LogP contribution in [0.15, 0.2) is 0 Å². The van der Waals surface area contributed by atoms with E-state index in [9.17, 15) is 13.2 Å². The van der Waals surface area contributed by atoms with Crippen molar-refractivity contribution in [2.75, 3.05) is 40.8 Å². The molecule has 1 amide bonds. The van der Waals surface area contributed by atoms with Crippen molar-refractivity contribution < 1.29 is 13.2 Å². The summed E-state index contributed by atoms with van der Waals surface area (Å²) in [5, 5.41) is 2.37. The SMILES string of the molecule is CNC(=O)CN(C)S(=O)(=O)N(C)CCCN. The fourth-order valence-electron chi connectivity index (χ4n) is 1.03. The first-order valence-electron chi connectivity index (χ1n) is 4.94. The second kappa shape index (κ2) is 6.79. The molecule has 0 saturated heterocycles. The van der Waals surface area contributed by atoms with Gasteiger partial charge in [0, 0.05) is 27.7 Å². The molecule has 0 aromatic carbocycles. The first-order valence-corrected chi connectivity index (χ1v) is 6.34. The zero-order chi connectivity index (χ0) is 12.8. The molecule has 0 aromatic heterocycles. The van der Waals surface area contributed by atoms with Crippen LogP contribution in [0.25, 0.3) is 0 Å². The Kier molecular flexibility index (Phi) is 6.49. The predicted octanol–water partition coefficient (Wildman–Crippen LogP) is -1.81. The molecule has 16 heavy (non-hydrogen) atoms. The summed E-state index contributed by atoms with van der Waals surface area (Å²) in [5.74, 6) is -0.349. The van der Waals surface area contributed by atoms with Crippen molar-refractivity contribution in [1.29, 1.82) is 0 Å². The molecule has 0 rings (SSSR count). The van der Waals surface area contributed by atoms with Crippen LogP contribution in [0.2, 0.25) is 0 Å². The zero-order valence-corrected chi connectivity index (χ0v) is 10.7. The monoisotopic (exact) mass is 252 g/mol. The number of carbonyl (C=O) groups excluding carboxylic acids is 1. The Labute approximate surface area is 96.8 Å². The second-order valence-electron chi connectivity index (χ2n) is 3.40. The lowest BCUT2D eigenvalue weighted by atomic mass is 10.4. The van der Waals surface area contributed by atoms with Gasteiger partial charge in [0.1, 0.15) is 0 Å². The summed E-state index contributed by atoms with van der Waals surface area (Å²) >= 11 is 0. The Hall–Kier alpha value is -0.700. The Balaban J connectivity index is 4.46. The Morgan fingerprint density at radius 3 is 2.31 bits per heavy atom. The van der Waals surface area contributed by atoms with Gasteiger partial charge in [0.05, 0.1) is 6.54 Å². The van der Waals surface area contributed by atoms with Crippen LogP contribution in [0.4, 0.5) is 0 Å². The molecule has 0 aliphatic carbocycles. The van der Waals surface area contributed by atoms with E-state index in [0.29, 0.717) is 19.5 Å². The molecule has 0 aliphatic heterocycles. The minimum Gasteiger partial charge on any atom is -0.358 e. The summed E-state index contributed by atoms with van der Waals surface area (Å²) in [5.41, 5.74) is 5.30. The van der Waals surface area contributed by atoms with E-state index in [2.05, 4.69) is 5.32 Å². The molecule has 0 spiro atoms. The van der Waals surface area contributed by atoms with E-state index in [0.717, 1.165) is 4.31 Å². The van der Waals surface area contributed by atoms with Gasteiger partial charge in [-0.1, -0.05) is 0 Å². The molecule has 0 aliphatic rings. The third-order valence-electron chi connectivity index (χ3n) is 2.11. The second-order valence-corrected chi connectivity index (χ2v) is 5.54. The molecule has 3 N–H and O–H groups in total. The van der Waals surface area contributed by atoms with Gasteiger partial charge in [-0.2, -0.15) is 17.0 Å². The minimum absolute atomic E-state index is 0.189. The van der Waals surface area contributed by atoms with Crippen molar-refractivity contribution in [2.45, 2.75) is 6.42 Å². The largest absolute Gasteiger partial charge is 0.358 e. The highest BCUT2D eigenvalue weighted by molar-refractivity contribution is 7.86. The maximum absolute atomic E-state index is 11.8. The molecule has 8 heteroatoms. The van der Waals surface area contributed by atoms with Crippen molar-refractivity contribution in [3.05, 3.63) is 0 Å². The van der Waals surface area contributed by atoms with Gasteiger partial charge in [0.2, 0.25) is 5.91 Å². The number of nitrogens with one attached hydrogen (secondary N) is 1. The Bertz CT molecular complexity index is 317. The minimum atomic E-state index is -3.57. The van der Waals surface area contributed by atoms with Crippen molar-refractivity contribution in [1.82, 2.24) is 13.9 Å². The van der Waals surface area contributed by atoms with E-state index in [1.54, 1.807) is 0 Å². The standard InChI is InChI=1S/C8H20N4O3S/c1-10-8(13)7-12(3)16(14,15)11(2)6-4-5-9/h4-7,9H2,1-3H3,(H,10,13). The van der Waals surface area contributed by atoms with E-state index >= 15 is 0 Å². The van der Waals surface area contributed by atoms with E-state index in [1.807, 2.05) is 0 Å². The normalized spacial score (nSPS) is 12.1. The molecule has 0 aromatic rings. The third kappa shape index (κ3) is 4.44. The fourth-order valence-corrected chi connectivity index (χ4v) is 2.15. The van der Waals surface area contributed by atoms with Crippen LogP contribution in [-0.4, -0.2) is 63.7 Å². The molecule has 0 fully saturated rings. The Morgan fingerprint density at radius 2 is 1.88 bits per heavy atom. The van der Waals surface area contributed by atoms with Crippen molar-refractivity contribution in [3.8, 4) is 0 Å². The maximum Gasteiger partial charge on any atom is 0.281 e. The van der Waals surface area contributed by atoms with Crippen LogP contribution >= 0.6 is 0 Å². The number of hydrogen-bond acceptors (Lipinski definition) is 4. The molecule has 0 heterocycles. The molecule has 0 saturated carbocycles. The topological polar surface area (TPSA) is 95.7 Å². The van der Waals surface area contributed by atoms with Crippen LogP contribution < -0.4 is 11.1 Å². The van der Waals surface area contributed by atoms with E-state index in [4.69, 9.17) is 5.73 Å². The predicted molar refractivity (Wildman–Crippen MR) is 61.9 cm³/mol. The molecule has 7 nitrogen and oxygen atoms in total. The molecule has 0 radical (unpaired) electrons. The van der Waals surface area contributed by atoms with Crippen LogP contribution in [0.1, 0.15) is 6.42 Å². The quantitative estimate of drug-likeness (QED) is 0.558. The van der Waals surface area contributed by atoms with Gasteiger partial charge in [-0.3, -0.25) is 4.79 Å². The molecular formula is C8H20N4O3S. The maximum atomic E-state index is 11.8. The highest BCUT2D eigenvalue weighted by Gasteiger charge is 2.24. The van der Waals surface area contributed by atoms with Crippen LogP contribution in [0, 0.1) is 0 Å². The number of amides is 1. The van der Waals surface area contributed by atoms with Gasteiger partial charge >= 0.3 is 0 Å². The summed E-state index contributed by atoms with van der Waals surface area (Å²) in [6.45, 7) is 0.585. The molecule has 0 atom stereocenters. The number of rotatable bonds is 7. The molecular weight excluding hydrogens is 232 g/mol. The van der Waals surface area contributed by atoms with Crippen LogP contribution in [0.5, 0.6) is 0 Å². The van der Waals surface area contributed by atoms with Gasteiger partial charge in [0.15, 0.2) is 0 Å². The van der Waals surface area contributed by atoms with Crippen molar-refractivity contribution in [2.24, 2.45) is 5.73 Å². The number of likely N-dealkylation sites (N-methyl/N-ethyl adjacent to an activating group) is 2. The smallest absolute Gasteiger partial charge is 0.281 e. The highest BCUT2D eigenvalue weighted by Crippen LogP contribution is 2.03. The molecule has 0 bridgehead atoms. The highest BCUT2D eigenvalue weighted by atomic mass is 32.2. The zero-order valence-electron chi connectivity index (χ0n) is 9.93. The Morgan fingerprint density at radius 1 is 1.31 bits per heavy atom. The number of nitrogens with zero attached hydrogens (tertiary/aromatic N) is 2. The average Bonchev–Trinajstić information content (AvgIpc) is 2.25.